The zero-order valence-corrected chi connectivity index (χ0v) is 19.3. The van der Waals surface area contributed by atoms with E-state index in [4.69, 9.17) is 9.47 Å². The van der Waals surface area contributed by atoms with Crippen LogP contribution in [0.2, 0.25) is 0 Å². The van der Waals surface area contributed by atoms with Crippen LogP contribution in [-0.4, -0.2) is 25.6 Å². The number of carbonyl (C=O) groups is 2. The van der Waals surface area contributed by atoms with Crippen LogP contribution in [0.1, 0.15) is 30.5 Å². The Labute approximate surface area is 185 Å². The van der Waals surface area contributed by atoms with Crippen molar-refractivity contribution in [3.05, 3.63) is 74.4 Å². The van der Waals surface area contributed by atoms with Gasteiger partial charge in [0.2, 0.25) is 0 Å². The summed E-state index contributed by atoms with van der Waals surface area (Å²) >= 11 is 3.45. The van der Waals surface area contributed by atoms with E-state index in [-0.39, 0.29) is 23.7 Å². The van der Waals surface area contributed by atoms with Gasteiger partial charge in [-0.25, -0.2) is 4.79 Å². The Kier molecular flexibility index (Phi) is 6.46. The lowest BCUT2D eigenvalue weighted by Crippen LogP contribution is -2.24. The molecule has 156 valence electrons. The lowest BCUT2D eigenvalue weighted by atomic mass is 10.0. The van der Waals surface area contributed by atoms with E-state index in [9.17, 15) is 9.59 Å². The molecule has 1 aliphatic heterocycles. The third kappa shape index (κ3) is 4.05. The van der Waals surface area contributed by atoms with Crippen molar-refractivity contribution in [3.8, 4) is 5.75 Å². The molecule has 0 spiro atoms. The predicted octanol–water partition coefficient (Wildman–Crippen LogP) is 5.34. The molecule has 0 saturated carbocycles. The molecule has 0 aromatic heterocycles. The standard InChI is InChI=1S/C24H24BrNO4/c1-6-30-24(28)22-16(4)26(19-9-7-14(2)15(3)11-19)23(27)20(22)13-17-12-18(25)8-10-21(17)29-5/h7-13H,6H2,1-5H3/b20-13-. The molecule has 0 radical (unpaired) electrons. The van der Waals surface area contributed by atoms with Gasteiger partial charge in [-0.05, 0) is 75.2 Å². The van der Waals surface area contributed by atoms with Gasteiger partial charge in [0.15, 0.2) is 0 Å². The van der Waals surface area contributed by atoms with Crippen LogP contribution < -0.4 is 9.64 Å². The van der Waals surface area contributed by atoms with Gasteiger partial charge >= 0.3 is 5.97 Å². The number of hydrogen-bond acceptors (Lipinski definition) is 4. The second-order valence-corrected chi connectivity index (χ2v) is 7.95. The highest BCUT2D eigenvalue weighted by molar-refractivity contribution is 9.10. The average molecular weight is 470 g/mol. The summed E-state index contributed by atoms with van der Waals surface area (Å²) < 4.78 is 11.5. The van der Waals surface area contributed by atoms with Crippen LogP contribution in [0.15, 0.2) is 57.7 Å². The molecule has 6 heteroatoms. The minimum atomic E-state index is -0.519. The van der Waals surface area contributed by atoms with E-state index in [1.165, 1.54) is 0 Å². The van der Waals surface area contributed by atoms with Gasteiger partial charge in [-0.2, -0.15) is 0 Å². The highest BCUT2D eigenvalue weighted by Gasteiger charge is 2.38. The molecule has 0 fully saturated rings. The van der Waals surface area contributed by atoms with Gasteiger partial charge < -0.3 is 9.47 Å². The fourth-order valence-corrected chi connectivity index (χ4v) is 3.81. The predicted molar refractivity (Wildman–Crippen MR) is 121 cm³/mol. The van der Waals surface area contributed by atoms with Crippen LogP contribution in [0.25, 0.3) is 6.08 Å². The largest absolute Gasteiger partial charge is 0.496 e. The lowest BCUT2D eigenvalue weighted by Gasteiger charge is -2.19. The van der Waals surface area contributed by atoms with Crippen LogP contribution in [0.5, 0.6) is 5.75 Å². The first-order chi connectivity index (χ1) is 14.3. The number of allylic oxidation sites excluding steroid dienone is 1. The Balaban J connectivity index is 2.19. The van der Waals surface area contributed by atoms with Gasteiger partial charge in [0, 0.05) is 21.4 Å². The summed E-state index contributed by atoms with van der Waals surface area (Å²) in [5, 5.41) is 0. The molecule has 3 rings (SSSR count). The molecule has 1 heterocycles. The topological polar surface area (TPSA) is 55.8 Å². The van der Waals surface area contributed by atoms with Crippen molar-refractivity contribution in [3.63, 3.8) is 0 Å². The summed E-state index contributed by atoms with van der Waals surface area (Å²) in [7, 11) is 1.57. The Morgan fingerprint density at radius 3 is 2.47 bits per heavy atom. The number of rotatable bonds is 5. The molecule has 0 aliphatic carbocycles. The van der Waals surface area contributed by atoms with Crippen molar-refractivity contribution < 1.29 is 19.1 Å². The molecule has 0 N–H and O–H groups in total. The quantitative estimate of drug-likeness (QED) is 0.437. The highest BCUT2D eigenvalue weighted by atomic mass is 79.9. The second-order valence-electron chi connectivity index (χ2n) is 7.03. The van der Waals surface area contributed by atoms with Crippen molar-refractivity contribution in [1.82, 2.24) is 0 Å². The molecule has 2 aromatic carbocycles. The number of nitrogens with zero attached hydrogens (tertiary/aromatic N) is 1. The van der Waals surface area contributed by atoms with Crippen molar-refractivity contribution in [2.75, 3.05) is 18.6 Å². The average Bonchev–Trinajstić information content (AvgIpc) is 2.94. The van der Waals surface area contributed by atoms with Crippen LogP contribution in [-0.2, 0) is 14.3 Å². The van der Waals surface area contributed by atoms with Gasteiger partial charge in [0.05, 0.1) is 24.9 Å². The Morgan fingerprint density at radius 2 is 1.83 bits per heavy atom. The Bertz CT molecular complexity index is 1080. The molecule has 2 aromatic rings. The normalized spacial score (nSPS) is 15.2. The summed E-state index contributed by atoms with van der Waals surface area (Å²) in [6.45, 7) is 7.74. The minimum absolute atomic E-state index is 0.223. The van der Waals surface area contributed by atoms with Crippen LogP contribution in [0.3, 0.4) is 0 Å². The van der Waals surface area contributed by atoms with Crippen LogP contribution >= 0.6 is 15.9 Å². The van der Waals surface area contributed by atoms with Gasteiger partial charge in [0.25, 0.3) is 5.91 Å². The van der Waals surface area contributed by atoms with Crippen LogP contribution in [0, 0.1) is 13.8 Å². The molecule has 0 atom stereocenters. The fraction of sp³-hybridized carbons (Fsp3) is 0.250. The molecule has 1 amide bonds. The first kappa shape index (κ1) is 21.8. The SMILES string of the molecule is CCOC(=O)C1=C(C)N(c2ccc(C)c(C)c2)C(=O)/C1=C\c1cc(Br)ccc1OC. The van der Waals surface area contributed by atoms with E-state index in [1.54, 1.807) is 38.0 Å². The zero-order valence-electron chi connectivity index (χ0n) is 17.7. The van der Waals surface area contributed by atoms with Crippen molar-refractivity contribution in [2.45, 2.75) is 27.7 Å². The smallest absolute Gasteiger partial charge is 0.340 e. The molecular weight excluding hydrogens is 446 g/mol. The number of methoxy groups -OCH3 is 1. The van der Waals surface area contributed by atoms with Gasteiger partial charge in [-0.3, -0.25) is 9.69 Å². The monoisotopic (exact) mass is 469 g/mol. The van der Waals surface area contributed by atoms with E-state index in [1.807, 2.05) is 44.2 Å². The van der Waals surface area contributed by atoms with E-state index in [0.29, 0.717) is 22.7 Å². The molecule has 1 aliphatic rings. The third-order valence-electron chi connectivity index (χ3n) is 5.12. The van der Waals surface area contributed by atoms with E-state index in [0.717, 1.165) is 15.6 Å². The van der Waals surface area contributed by atoms with E-state index < -0.39 is 5.97 Å². The maximum Gasteiger partial charge on any atom is 0.340 e. The number of halogens is 1. The maximum absolute atomic E-state index is 13.5. The number of benzene rings is 2. The first-order valence-corrected chi connectivity index (χ1v) is 10.4. The summed E-state index contributed by atoms with van der Waals surface area (Å²) in [5.74, 6) is -0.195. The second kappa shape index (κ2) is 8.88. The summed E-state index contributed by atoms with van der Waals surface area (Å²) in [6.07, 6.45) is 1.68. The molecule has 0 saturated heterocycles. The minimum Gasteiger partial charge on any atom is -0.496 e. The van der Waals surface area contributed by atoms with Gasteiger partial charge in [0.1, 0.15) is 5.75 Å². The number of ether oxygens (including phenoxy) is 2. The highest BCUT2D eigenvalue weighted by Crippen LogP contribution is 2.37. The van der Waals surface area contributed by atoms with Crippen molar-refractivity contribution in [2.24, 2.45) is 0 Å². The fourth-order valence-electron chi connectivity index (χ4n) is 3.43. The van der Waals surface area contributed by atoms with E-state index >= 15 is 0 Å². The number of aryl methyl sites for hydroxylation is 2. The van der Waals surface area contributed by atoms with E-state index in [2.05, 4.69) is 15.9 Å². The number of hydrogen-bond donors (Lipinski definition) is 0. The zero-order chi connectivity index (χ0) is 22.0. The number of anilines is 1. The van der Waals surface area contributed by atoms with Gasteiger partial charge in [-0.15, -0.1) is 0 Å². The number of amides is 1. The molecule has 0 bridgehead atoms. The number of esters is 1. The Morgan fingerprint density at radius 1 is 1.10 bits per heavy atom. The molecule has 0 unspecified atom stereocenters. The van der Waals surface area contributed by atoms with Crippen LogP contribution in [0.4, 0.5) is 5.69 Å². The first-order valence-electron chi connectivity index (χ1n) is 9.63. The molecular formula is C24H24BrNO4. The summed E-state index contributed by atoms with van der Waals surface area (Å²) in [6, 6.07) is 11.3. The lowest BCUT2D eigenvalue weighted by molar-refractivity contribution is -0.138. The van der Waals surface area contributed by atoms with Gasteiger partial charge in [-0.1, -0.05) is 22.0 Å². The Hall–Kier alpha value is -2.86. The van der Waals surface area contributed by atoms with Crippen molar-refractivity contribution in [1.29, 1.82) is 0 Å². The molecule has 5 nitrogen and oxygen atoms in total. The summed E-state index contributed by atoms with van der Waals surface area (Å²) in [4.78, 5) is 27.8. The third-order valence-corrected chi connectivity index (χ3v) is 5.61. The number of carbonyl (C=O) groups excluding carboxylic acids is 2. The molecule has 30 heavy (non-hydrogen) atoms. The maximum atomic E-state index is 13.5. The van der Waals surface area contributed by atoms with Crippen molar-refractivity contribution >= 4 is 39.6 Å². The summed E-state index contributed by atoms with van der Waals surface area (Å²) in [5.41, 5.74) is 4.69.